The number of halogens is 2. The molecule has 0 aliphatic rings. The van der Waals surface area contributed by atoms with E-state index in [1.807, 2.05) is 0 Å². The van der Waals surface area contributed by atoms with Crippen molar-refractivity contribution in [3.8, 4) is 0 Å². The minimum absolute atomic E-state index is 0.198. The fraction of sp³-hybridized carbons (Fsp3) is 0.267. The van der Waals surface area contributed by atoms with E-state index in [0.29, 0.717) is 5.76 Å². The van der Waals surface area contributed by atoms with Crippen LogP contribution in [0.2, 0.25) is 0 Å². The molecular formula is C15H15F2NO4S. The lowest BCUT2D eigenvalue weighted by atomic mass is 10.2. The molecule has 0 aliphatic carbocycles. The number of carbonyl (C=O) groups is 1. The Morgan fingerprint density at radius 1 is 1.17 bits per heavy atom. The molecule has 2 aromatic rings. The summed E-state index contributed by atoms with van der Waals surface area (Å²) in [7, 11) is -3.10. The molecule has 0 unspecified atom stereocenters. The molecule has 0 bridgehead atoms. The predicted molar refractivity (Wildman–Crippen MR) is 78.9 cm³/mol. The molecule has 2 rings (SSSR count). The monoisotopic (exact) mass is 343 g/mol. The molecule has 1 aromatic heterocycles. The van der Waals surface area contributed by atoms with Gasteiger partial charge in [-0.05, 0) is 43.3 Å². The minimum atomic E-state index is -4.66. The molecule has 1 aromatic carbocycles. The first-order valence-corrected chi connectivity index (χ1v) is 8.19. The van der Waals surface area contributed by atoms with E-state index in [4.69, 9.17) is 4.42 Å². The highest BCUT2D eigenvalue weighted by molar-refractivity contribution is 7.91. The molecule has 1 heterocycles. The lowest BCUT2D eigenvalue weighted by Gasteiger charge is -2.16. The summed E-state index contributed by atoms with van der Waals surface area (Å²) >= 11 is 0. The highest BCUT2D eigenvalue weighted by atomic mass is 32.2. The van der Waals surface area contributed by atoms with Gasteiger partial charge in [0.15, 0.2) is 0 Å². The van der Waals surface area contributed by atoms with Gasteiger partial charge in [0.2, 0.25) is 9.84 Å². The molecule has 0 N–H and O–H groups in total. The van der Waals surface area contributed by atoms with Gasteiger partial charge < -0.3 is 9.32 Å². The van der Waals surface area contributed by atoms with Crippen molar-refractivity contribution in [2.75, 3.05) is 7.05 Å². The summed E-state index contributed by atoms with van der Waals surface area (Å²) in [5.41, 5.74) is 0.198. The van der Waals surface area contributed by atoms with Crippen LogP contribution in [0.25, 0.3) is 0 Å². The molecule has 23 heavy (non-hydrogen) atoms. The number of hydrogen-bond acceptors (Lipinski definition) is 4. The maximum absolute atomic E-state index is 12.5. The number of aryl methyl sites for hydroxylation is 1. The number of nitrogens with zero attached hydrogens (tertiary/aromatic N) is 1. The number of hydrogen-bond donors (Lipinski definition) is 0. The Balaban J connectivity index is 2.14. The zero-order valence-electron chi connectivity index (χ0n) is 12.5. The van der Waals surface area contributed by atoms with Crippen molar-refractivity contribution in [3.05, 3.63) is 53.5 Å². The van der Waals surface area contributed by atoms with Crippen molar-refractivity contribution >= 4 is 15.7 Å². The summed E-state index contributed by atoms with van der Waals surface area (Å²) in [5.74, 6) is -2.54. The SMILES string of the molecule is Cc1ccc(CN(C)C(=O)c2ccc(S(=O)(=O)C(F)F)cc2)o1. The summed E-state index contributed by atoms with van der Waals surface area (Å²) in [6, 6.07) is 7.94. The molecule has 0 aliphatic heterocycles. The molecule has 0 atom stereocenters. The van der Waals surface area contributed by atoms with Crippen LogP contribution in [-0.2, 0) is 16.4 Å². The number of sulfone groups is 1. The van der Waals surface area contributed by atoms with Crippen molar-refractivity contribution < 1.29 is 26.4 Å². The molecular weight excluding hydrogens is 328 g/mol. The van der Waals surface area contributed by atoms with Crippen LogP contribution in [0.1, 0.15) is 21.9 Å². The van der Waals surface area contributed by atoms with E-state index >= 15 is 0 Å². The Morgan fingerprint density at radius 3 is 2.26 bits per heavy atom. The van der Waals surface area contributed by atoms with Crippen molar-refractivity contribution in [2.24, 2.45) is 0 Å². The van der Waals surface area contributed by atoms with E-state index in [2.05, 4.69) is 0 Å². The fourth-order valence-electron chi connectivity index (χ4n) is 1.99. The lowest BCUT2D eigenvalue weighted by molar-refractivity contribution is 0.0775. The zero-order chi connectivity index (χ0) is 17.2. The van der Waals surface area contributed by atoms with Crippen LogP contribution in [0.15, 0.2) is 45.7 Å². The number of rotatable bonds is 5. The highest BCUT2D eigenvalue weighted by Crippen LogP contribution is 2.19. The number of carbonyl (C=O) groups excluding carboxylic acids is 1. The third-order valence-electron chi connectivity index (χ3n) is 3.20. The van der Waals surface area contributed by atoms with E-state index in [9.17, 15) is 22.0 Å². The van der Waals surface area contributed by atoms with Crippen LogP contribution >= 0.6 is 0 Å². The first-order valence-electron chi connectivity index (χ1n) is 6.64. The van der Waals surface area contributed by atoms with Gasteiger partial charge in [-0.1, -0.05) is 0 Å². The van der Waals surface area contributed by atoms with E-state index in [1.165, 1.54) is 17.0 Å². The number of amides is 1. The van der Waals surface area contributed by atoms with Gasteiger partial charge in [-0.2, -0.15) is 8.78 Å². The smallest absolute Gasteiger partial charge is 0.341 e. The van der Waals surface area contributed by atoms with Crippen LogP contribution < -0.4 is 0 Å². The third kappa shape index (κ3) is 3.76. The van der Waals surface area contributed by atoms with E-state index in [-0.39, 0.29) is 18.0 Å². The minimum Gasteiger partial charge on any atom is -0.464 e. The Kier molecular flexibility index (Phi) is 4.84. The summed E-state index contributed by atoms with van der Waals surface area (Å²) < 4.78 is 53.0. The second-order valence-electron chi connectivity index (χ2n) is 5.00. The molecule has 0 fully saturated rings. The van der Waals surface area contributed by atoms with Crippen LogP contribution in [0.5, 0.6) is 0 Å². The molecule has 0 radical (unpaired) electrons. The molecule has 124 valence electrons. The Labute approximate surface area is 132 Å². The maximum Gasteiger partial charge on any atom is 0.341 e. The van der Waals surface area contributed by atoms with Crippen LogP contribution in [0.3, 0.4) is 0 Å². The van der Waals surface area contributed by atoms with Gasteiger partial charge >= 0.3 is 5.76 Å². The van der Waals surface area contributed by atoms with Gasteiger partial charge in [0.05, 0.1) is 11.4 Å². The van der Waals surface area contributed by atoms with Crippen molar-refractivity contribution in [2.45, 2.75) is 24.1 Å². The molecule has 5 nitrogen and oxygen atoms in total. The average molecular weight is 343 g/mol. The summed E-state index contributed by atoms with van der Waals surface area (Å²) in [5, 5.41) is 0. The van der Waals surface area contributed by atoms with Crippen molar-refractivity contribution in [1.82, 2.24) is 4.90 Å². The van der Waals surface area contributed by atoms with Gasteiger partial charge in [-0.3, -0.25) is 4.79 Å². The number of benzene rings is 1. The van der Waals surface area contributed by atoms with Gasteiger partial charge in [0, 0.05) is 12.6 Å². The average Bonchev–Trinajstić information content (AvgIpc) is 2.91. The quantitative estimate of drug-likeness (QED) is 0.837. The van der Waals surface area contributed by atoms with Gasteiger partial charge in [0.25, 0.3) is 5.91 Å². The van der Waals surface area contributed by atoms with Gasteiger partial charge in [-0.25, -0.2) is 8.42 Å². The second kappa shape index (κ2) is 6.49. The van der Waals surface area contributed by atoms with Gasteiger partial charge in [0.1, 0.15) is 11.5 Å². The van der Waals surface area contributed by atoms with Crippen LogP contribution in [0, 0.1) is 6.92 Å². The Morgan fingerprint density at radius 2 is 1.78 bits per heavy atom. The Hall–Kier alpha value is -2.22. The van der Waals surface area contributed by atoms with Crippen LogP contribution in [-0.4, -0.2) is 32.0 Å². The molecule has 1 amide bonds. The number of furan rings is 1. The molecule has 0 spiro atoms. The summed E-state index contributed by atoms with van der Waals surface area (Å²) in [4.78, 5) is 13.1. The maximum atomic E-state index is 12.5. The molecule has 0 saturated carbocycles. The van der Waals surface area contributed by atoms with Crippen LogP contribution in [0.4, 0.5) is 8.78 Å². The standard InChI is InChI=1S/C15H15F2NO4S/c1-10-3-6-12(22-10)9-18(2)14(19)11-4-7-13(8-5-11)23(20,21)15(16)17/h3-8,15H,9H2,1-2H3. The summed E-state index contributed by atoms with van der Waals surface area (Å²) in [6.45, 7) is 2.03. The zero-order valence-corrected chi connectivity index (χ0v) is 13.3. The second-order valence-corrected chi connectivity index (χ2v) is 6.92. The van der Waals surface area contributed by atoms with Crippen molar-refractivity contribution in [1.29, 1.82) is 0 Å². The molecule has 8 heteroatoms. The van der Waals surface area contributed by atoms with E-state index in [1.54, 1.807) is 26.1 Å². The third-order valence-corrected chi connectivity index (χ3v) is 4.60. The summed E-state index contributed by atoms with van der Waals surface area (Å²) in [6.07, 6.45) is 0. The topological polar surface area (TPSA) is 67.6 Å². The first-order chi connectivity index (χ1) is 10.7. The Bertz CT molecular complexity index is 797. The predicted octanol–water partition coefficient (Wildman–Crippen LogP) is 2.86. The number of alkyl halides is 2. The van der Waals surface area contributed by atoms with E-state index in [0.717, 1.165) is 17.9 Å². The largest absolute Gasteiger partial charge is 0.464 e. The fourth-order valence-corrected chi connectivity index (χ4v) is 2.71. The normalized spacial score (nSPS) is 11.7. The van der Waals surface area contributed by atoms with E-state index < -0.39 is 20.5 Å². The molecule has 0 saturated heterocycles. The highest BCUT2D eigenvalue weighted by Gasteiger charge is 2.26. The first kappa shape index (κ1) is 17.1. The van der Waals surface area contributed by atoms with Gasteiger partial charge in [-0.15, -0.1) is 0 Å². The lowest BCUT2D eigenvalue weighted by Crippen LogP contribution is -2.26. The van der Waals surface area contributed by atoms with Crippen molar-refractivity contribution in [3.63, 3.8) is 0 Å².